The molecule has 0 radical (unpaired) electrons. The van der Waals surface area contributed by atoms with Gasteiger partial charge in [0, 0.05) is 63.4 Å². The third kappa shape index (κ3) is 12.7. The normalized spacial score (nSPS) is 18.1. The van der Waals surface area contributed by atoms with Crippen LogP contribution in [0.2, 0.25) is 0 Å². The molecule has 2 unspecified atom stereocenters. The van der Waals surface area contributed by atoms with E-state index < -0.39 is 181 Å². The minimum atomic E-state index is -8.19. The maximum Gasteiger partial charge on any atom is 0.460 e. The molecule has 424 valence electrons. The second-order valence-electron chi connectivity index (χ2n) is 15.8. The lowest BCUT2D eigenvalue weighted by molar-refractivity contribution is -0.439. The van der Waals surface area contributed by atoms with Gasteiger partial charge in [0.05, 0.1) is 0 Å². The number of nitrogens with zero attached hydrogens (tertiary/aromatic N) is 2. The van der Waals surface area contributed by atoms with Crippen LogP contribution in [0.1, 0.15) is 65.2 Å². The number of carbonyl (C=O) groups is 4. The van der Waals surface area contributed by atoms with Crippen LogP contribution in [-0.2, 0) is 19.2 Å². The summed E-state index contributed by atoms with van der Waals surface area (Å²) in [5, 5.41) is 1.82. The first-order chi connectivity index (χ1) is 31.9. The van der Waals surface area contributed by atoms with Crippen molar-refractivity contribution in [1.82, 2.24) is 20.9 Å². The van der Waals surface area contributed by atoms with E-state index in [-0.39, 0.29) is 36.4 Å². The Morgan fingerprint density at radius 2 is 0.639 bits per heavy atom. The molecule has 38 heteroatoms. The first-order valence-electron chi connectivity index (χ1n) is 19.7. The van der Waals surface area contributed by atoms with Crippen LogP contribution in [0.25, 0.3) is 0 Å². The molecule has 0 spiro atoms. The van der Waals surface area contributed by atoms with Crippen LogP contribution >= 0.6 is 23.5 Å². The lowest BCUT2D eigenvalue weighted by atomic mass is 9.93. The minimum Gasteiger partial charge on any atom is -0.370 e. The fourth-order valence-corrected chi connectivity index (χ4v) is 9.44. The van der Waals surface area contributed by atoms with Crippen LogP contribution in [0.5, 0.6) is 0 Å². The average molecular weight is 1150 g/mol. The van der Waals surface area contributed by atoms with Gasteiger partial charge >= 0.3 is 71.6 Å². The first kappa shape index (κ1) is 66.7. The average Bonchev–Trinajstić information content (AvgIpc) is 3.19. The van der Waals surface area contributed by atoms with Gasteiger partial charge in [-0.3, -0.25) is 30.0 Å². The number of rotatable bonds is 28. The molecule has 1 aliphatic heterocycles. The molecule has 10 nitrogen and oxygen atoms in total. The van der Waals surface area contributed by atoms with Gasteiger partial charge < -0.3 is 11.5 Å². The molecule has 0 bridgehead atoms. The number of nitrogens with one attached hydrogen (secondary N) is 2. The van der Waals surface area contributed by atoms with Crippen LogP contribution in [0.15, 0.2) is 0 Å². The lowest BCUT2D eigenvalue weighted by Crippen LogP contribution is -2.70. The number of piperazine rings is 1. The summed E-state index contributed by atoms with van der Waals surface area (Å²) in [5.74, 6) is -86.2. The Bertz CT molecular complexity index is 1770. The largest absolute Gasteiger partial charge is 0.460 e. The van der Waals surface area contributed by atoms with Crippen molar-refractivity contribution in [3.63, 3.8) is 0 Å². The van der Waals surface area contributed by atoms with E-state index in [0.29, 0.717) is 0 Å². The van der Waals surface area contributed by atoms with Crippen molar-refractivity contribution in [1.29, 1.82) is 0 Å². The Morgan fingerprint density at radius 3 is 0.847 bits per heavy atom. The van der Waals surface area contributed by atoms with Gasteiger partial charge in [-0.25, -0.2) is 10.0 Å². The van der Waals surface area contributed by atoms with Gasteiger partial charge in [0.1, 0.15) is 9.49 Å². The Kier molecular flexibility index (Phi) is 20.5. The van der Waals surface area contributed by atoms with Crippen LogP contribution in [0.3, 0.4) is 0 Å². The quantitative estimate of drug-likeness (QED) is 0.0567. The SMILES string of the molecule is CCCC(CC(N)=O)(SCCC(F)(F)C(F)(F)C(F)(F)C(F)(F)C(F)(F)C(F)(F)F)C(=O)NN1CCN(NC(=O)C(CCC)(CC(N)=O)SCCC(F)(F)C(F)(F)C(F)(F)C(F)(F)C(F)(F)C(F)(F)F)CC1. The van der Waals surface area contributed by atoms with Gasteiger partial charge in [0.15, 0.2) is 0 Å². The summed E-state index contributed by atoms with van der Waals surface area (Å²) in [6.45, 7) is 0.510. The summed E-state index contributed by atoms with van der Waals surface area (Å²) in [6.07, 6.45) is -25.0. The Morgan fingerprint density at radius 1 is 0.403 bits per heavy atom. The molecule has 1 saturated heterocycles. The Hall–Kier alpha value is -3.32. The van der Waals surface area contributed by atoms with E-state index >= 15 is 0 Å². The number of primary amides is 2. The number of hydrogen-bond acceptors (Lipinski definition) is 8. The second kappa shape index (κ2) is 22.1. The topological polar surface area (TPSA) is 151 Å². The van der Waals surface area contributed by atoms with Gasteiger partial charge in [0.25, 0.3) is 11.8 Å². The predicted molar refractivity (Wildman–Crippen MR) is 198 cm³/mol. The van der Waals surface area contributed by atoms with Crippen molar-refractivity contribution in [3.05, 3.63) is 0 Å². The zero-order valence-corrected chi connectivity index (χ0v) is 37.9. The molecule has 0 aromatic rings. The number of amides is 4. The standard InChI is InChI=1S/C34H40F26N6O4S2/c1-3-5-21(15-17(61)67,71-13-7-23(35,36)25(39,40)27(43,44)29(47,48)31(51,52)33(55,56)57)19(69)63-65-9-11-66(12-10-65)64-20(70)22(6-4-2,16-18(62)68)72-14-8-24(37,38)26(41,42)28(45,46)30(49,50)32(53,54)34(58,59)60/h3-16H2,1-2H3,(H2,61,67)(H2,62,68)(H,63,69)(H,64,70). The maximum absolute atomic E-state index is 14.6. The Labute approximate surface area is 396 Å². The summed E-state index contributed by atoms with van der Waals surface area (Å²) in [6, 6.07) is 0. The predicted octanol–water partition coefficient (Wildman–Crippen LogP) is 9.22. The molecule has 2 atom stereocenters. The highest BCUT2D eigenvalue weighted by atomic mass is 32.2. The summed E-state index contributed by atoms with van der Waals surface area (Å²) in [5.41, 5.74) is 14.5. The van der Waals surface area contributed by atoms with E-state index in [1.165, 1.54) is 13.8 Å². The van der Waals surface area contributed by atoms with Gasteiger partial charge in [-0.2, -0.15) is 114 Å². The van der Waals surface area contributed by atoms with Gasteiger partial charge in [-0.1, -0.05) is 26.7 Å². The molecule has 1 fully saturated rings. The Balaban J connectivity index is 3.31. The molecular formula is C34H40F26N6O4S2. The highest BCUT2D eigenvalue weighted by molar-refractivity contribution is 8.01. The van der Waals surface area contributed by atoms with Gasteiger partial charge in [-0.05, 0) is 12.8 Å². The monoisotopic (exact) mass is 1150 g/mol. The molecule has 1 aliphatic rings. The molecule has 1 heterocycles. The molecule has 6 N–H and O–H groups in total. The summed E-state index contributed by atoms with van der Waals surface area (Å²) in [4.78, 5) is 51.2. The van der Waals surface area contributed by atoms with Crippen molar-refractivity contribution >= 4 is 47.2 Å². The zero-order chi connectivity index (χ0) is 57.2. The maximum atomic E-state index is 14.6. The lowest BCUT2D eigenvalue weighted by Gasteiger charge is -2.41. The number of alkyl halides is 26. The number of halogens is 26. The summed E-state index contributed by atoms with van der Waals surface area (Å²) >= 11 is -0.455. The zero-order valence-electron chi connectivity index (χ0n) is 36.2. The molecule has 1 rings (SSSR count). The fourth-order valence-electron chi connectivity index (χ4n) is 6.40. The van der Waals surface area contributed by atoms with Crippen molar-refractivity contribution in [3.8, 4) is 0 Å². The van der Waals surface area contributed by atoms with Crippen molar-refractivity contribution in [2.75, 3.05) is 37.7 Å². The smallest absolute Gasteiger partial charge is 0.370 e. The summed E-state index contributed by atoms with van der Waals surface area (Å²) < 4.78 is 349. The molecule has 0 saturated carbocycles. The number of nitrogens with two attached hydrogens (primary N) is 2. The molecule has 0 aliphatic carbocycles. The number of hydrogen-bond donors (Lipinski definition) is 4. The third-order valence-corrected chi connectivity index (χ3v) is 13.4. The number of carbonyl (C=O) groups excluding carboxylic acids is 4. The molecule has 0 aromatic heterocycles. The van der Waals surface area contributed by atoms with Crippen LogP contribution in [0, 0.1) is 0 Å². The molecule has 72 heavy (non-hydrogen) atoms. The molecule has 0 aromatic carbocycles. The first-order valence-corrected chi connectivity index (χ1v) is 21.7. The van der Waals surface area contributed by atoms with Crippen molar-refractivity contribution < 1.29 is 133 Å². The van der Waals surface area contributed by atoms with E-state index in [2.05, 4.69) is 10.9 Å². The van der Waals surface area contributed by atoms with E-state index in [0.717, 1.165) is 10.0 Å². The molecular weight excluding hydrogens is 1110 g/mol. The van der Waals surface area contributed by atoms with Crippen LogP contribution < -0.4 is 22.3 Å². The van der Waals surface area contributed by atoms with Crippen LogP contribution in [0.4, 0.5) is 114 Å². The highest BCUT2D eigenvalue weighted by Crippen LogP contribution is 2.63. The third-order valence-electron chi connectivity index (χ3n) is 10.4. The van der Waals surface area contributed by atoms with E-state index in [1.807, 2.05) is 0 Å². The van der Waals surface area contributed by atoms with E-state index in [9.17, 15) is 133 Å². The fraction of sp³-hybridized carbons (Fsp3) is 0.882. The van der Waals surface area contributed by atoms with Gasteiger partial charge in [0.2, 0.25) is 11.8 Å². The minimum absolute atomic E-state index is 0.227. The molecule has 4 amide bonds. The highest BCUT2D eigenvalue weighted by Gasteiger charge is 2.92. The van der Waals surface area contributed by atoms with Crippen molar-refractivity contribution in [2.45, 2.75) is 146 Å². The number of hydrazine groups is 2. The van der Waals surface area contributed by atoms with Gasteiger partial charge in [-0.15, -0.1) is 23.5 Å². The van der Waals surface area contributed by atoms with E-state index in [4.69, 9.17) is 11.5 Å². The second-order valence-corrected chi connectivity index (χ2v) is 18.8. The van der Waals surface area contributed by atoms with E-state index in [1.54, 1.807) is 0 Å². The number of thioether (sulfide) groups is 2. The summed E-state index contributed by atoms with van der Waals surface area (Å²) in [7, 11) is 0. The van der Waals surface area contributed by atoms with Crippen LogP contribution in [-0.4, -0.2) is 152 Å². The van der Waals surface area contributed by atoms with Crippen molar-refractivity contribution in [2.24, 2.45) is 11.5 Å².